The fourth-order valence-electron chi connectivity index (χ4n) is 5.36. The summed E-state index contributed by atoms with van der Waals surface area (Å²) in [4.78, 5) is 27.7. The SMILES string of the molecule is C=CCC(/C=C\C)=C/C=C(\C=C)C/C=C\C(C)=O.CCCCc1ccc(C(=O)Nc2ccc(CN3CCN(C)CC3)c(C(F)(F)F)c2)cc1C.[HH].[HH]. The number of nitrogens with one attached hydrogen (secondary N) is 1. The molecule has 1 saturated heterocycles. The molecule has 274 valence electrons. The first kappa shape index (κ1) is 41.9. The molecule has 0 radical (unpaired) electrons. The number of carbonyl (C=O) groups excluding carboxylic acids is 2. The minimum Gasteiger partial charge on any atom is -0.322 e. The number of nitrogens with zero attached hydrogens (tertiary/aromatic N) is 2. The fraction of sp³-hybridized carbons (Fsp3) is 0.381. The van der Waals surface area contributed by atoms with Crippen molar-refractivity contribution in [2.45, 2.75) is 72.5 Å². The maximum Gasteiger partial charge on any atom is 0.416 e. The molecule has 1 amide bonds. The van der Waals surface area contributed by atoms with E-state index in [9.17, 15) is 22.8 Å². The second-order valence-corrected chi connectivity index (χ2v) is 12.5. The number of anilines is 1. The number of alkyl halides is 3. The van der Waals surface area contributed by atoms with Crippen LogP contribution < -0.4 is 5.32 Å². The summed E-state index contributed by atoms with van der Waals surface area (Å²) in [6.45, 7) is 18.5. The smallest absolute Gasteiger partial charge is 0.322 e. The van der Waals surface area contributed by atoms with Gasteiger partial charge in [0, 0.05) is 46.8 Å². The first-order valence-corrected chi connectivity index (χ1v) is 17.3. The van der Waals surface area contributed by atoms with Crippen molar-refractivity contribution in [2.75, 3.05) is 38.5 Å². The molecule has 2 aromatic rings. The summed E-state index contributed by atoms with van der Waals surface area (Å²) in [5.41, 5.74) is 4.62. The van der Waals surface area contributed by atoms with E-state index >= 15 is 0 Å². The van der Waals surface area contributed by atoms with Crippen molar-refractivity contribution in [1.82, 2.24) is 9.80 Å². The van der Waals surface area contributed by atoms with Crippen LogP contribution in [-0.2, 0) is 23.9 Å². The summed E-state index contributed by atoms with van der Waals surface area (Å²) in [6.07, 6.45) is 15.5. The van der Waals surface area contributed by atoms with E-state index in [0.29, 0.717) is 5.56 Å². The molecule has 0 unspecified atom stereocenters. The zero-order valence-electron chi connectivity index (χ0n) is 30.4. The van der Waals surface area contributed by atoms with Gasteiger partial charge in [0.15, 0.2) is 5.78 Å². The Bertz CT molecular complexity index is 1570. The number of unbranched alkanes of at least 4 members (excludes halogenated alkanes) is 1. The van der Waals surface area contributed by atoms with Crippen LogP contribution in [0.4, 0.5) is 18.9 Å². The molecule has 1 aliphatic rings. The predicted octanol–water partition coefficient (Wildman–Crippen LogP) is 10.6. The molecule has 2 aromatic carbocycles. The molecule has 1 aliphatic heterocycles. The van der Waals surface area contributed by atoms with Crippen LogP contribution in [0.3, 0.4) is 0 Å². The highest BCUT2D eigenvalue weighted by Crippen LogP contribution is 2.35. The summed E-state index contributed by atoms with van der Waals surface area (Å²) in [6, 6.07) is 9.55. The number of hydrogen-bond acceptors (Lipinski definition) is 4. The van der Waals surface area contributed by atoms with E-state index in [1.807, 2.05) is 62.2 Å². The van der Waals surface area contributed by atoms with Gasteiger partial charge in [-0.2, -0.15) is 13.2 Å². The topological polar surface area (TPSA) is 52.7 Å². The lowest BCUT2D eigenvalue weighted by Gasteiger charge is -2.33. The molecule has 3 rings (SSSR count). The van der Waals surface area contributed by atoms with E-state index in [4.69, 9.17) is 0 Å². The van der Waals surface area contributed by atoms with E-state index in [0.717, 1.165) is 75.5 Å². The third kappa shape index (κ3) is 15.1. The third-order valence-corrected chi connectivity index (χ3v) is 8.31. The lowest BCUT2D eigenvalue weighted by molar-refractivity contribution is -0.138. The van der Waals surface area contributed by atoms with Crippen LogP contribution in [-0.4, -0.2) is 54.7 Å². The summed E-state index contributed by atoms with van der Waals surface area (Å²) in [5, 5.41) is 2.64. The van der Waals surface area contributed by atoms with E-state index in [1.54, 1.807) is 31.2 Å². The number of halogens is 3. The summed E-state index contributed by atoms with van der Waals surface area (Å²) in [5.74, 6) is -0.342. The van der Waals surface area contributed by atoms with Gasteiger partial charge < -0.3 is 10.2 Å². The van der Waals surface area contributed by atoms with Crippen molar-refractivity contribution in [3.05, 3.63) is 137 Å². The summed E-state index contributed by atoms with van der Waals surface area (Å²) >= 11 is 0. The molecule has 0 spiro atoms. The second kappa shape index (κ2) is 21.7. The van der Waals surface area contributed by atoms with E-state index in [1.165, 1.54) is 17.2 Å². The Morgan fingerprint density at radius 2 is 1.64 bits per heavy atom. The monoisotopic (exact) mass is 693 g/mol. The van der Waals surface area contributed by atoms with Crippen molar-refractivity contribution in [1.29, 1.82) is 0 Å². The van der Waals surface area contributed by atoms with Crippen molar-refractivity contribution in [3.8, 4) is 0 Å². The molecule has 1 N–H and O–H groups in total. The minimum atomic E-state index is -4.49. The van der Waals surface area contributed by atoms with E-state index in [-0.39, 0.29) is 26.4 Å². The van der Waals surface area contributed by atoms with Gasteiger partial charge in [-0.05, 0) is 112 Å². The molecule has 0 bridgehead atoms. The molecule has 1 heterocycles. The maximum absolute atomic E-state index is 13.8. The van der Waals surface area contributed by atoms with Gasteiger partial charge in [-0.25, -0.2) is 0 Å². The molecule has 1 fully saturated rings. The number of benzene rings is 2. The molecule has 0 aliphatic carbocycles. The Hall–Kier alpha value is -4.27. The van der Waals surface area contributed by atoms with Gasteiger partial charge in [-0.3, -0.25) is 14.5 Å². The lowest BCUT2D eigenvalue weighted by atomic mass is 10.00. The molecule has 0 aromatic heterocycles. The highest BCUT2D eigenvalue weighted by atomic mass is 19.4. The summed E-state index contributed by atoms with van der Waals surface area (Å²) in [7, 11) is 2.01. The molecule has 5 nitrogen and oxygen atoms in total. The van der Waals surface area contributed by atoms with Gasteiger partial charge in [0.25, 0.3) is 5.91 Å². The van der Waals surface area contributed by atoms with Gasteiger partial charge in [-0.15, -0.1) is 6.58 Å². The Morgan fingerprint density at radius 1 is 0.960 bits per heavy atom. The van der Waals surface area contributed by atoms with Gasteiger partial charge in [0.1, 0.15) is 0 Å². The second-order valence-electron chi connectivity index (χ2n) is 12.5. The summed E-state index contributed by atoms with van der Waals surface area (Å²) < 4.78 is 41.3. The van der Waals surface area contributed by atoms with Crippen LogP contribution in [0, 0.1) is 6.92 Å². The Morgan fingerprint density at radius 3 is 2.22 bits per heavy atom. The van der Waals surface area contributed by atoms with Crippen LogP contribution in [0.15, 0.2) is 109 Å². The number of hydrogen-bond donors (Lipinski definition) is 1. The highest BCUT2D eigenvalue weighted by molar-refractivity contribution is 6.04. The van der Waals surface area contributed by atoms with Crippen LogP contribution in [0.5, 0.6) is 0 Å². The minimum absolute atomic E-state index is 0. The number of piperazine rings is 1. The number of aryl methyl sites for hydroxylation is 2. The average molecular weight is 694 g/mol. The third-order valence-electron chi connectivity index (χ3n) is 8.31. The quantitative estimate of drug-likeness (QED) is 0.115. The van der Waals surface area contributed by atoms with E-state index in [2.05, 4.69) is 42.5 Å². The Kier molecular flexibility index (Phi) is 18.2. The van der Waals surface area contributed by atoms with Gasteiger partial charge in [-0.1, -0.05) is 74.6 Å². The van der Waals surface area contributed by atoms with Crippen molar-refractivity contribution in [2.24, 2.45) is 0 Å². The van der Waals surface area contributed by atoms with Crippen LogP contribution >= 0.6 is 0 Å². The van der Waals surface area contributed by atoms with Crippen LogP contribution in [0.2, 0.25) is 0 Å². The Balaban J connectivity index is 0.00000112. The average Bonchev–Trinajstić information content (AvgIpc) is 3.07. The van der Waals surface area contributed by atoms with Gasteiger partial charge in [0.05, 0.1) is 5.56 Å². The molecule has 0 atom stereocenters. The van der Waals surface area contributed by atoms with Crippen LogP contribution in [0.25, 0.3) is 0 Å². The highest BCUT2D eigenvalue weighted by Gasteiger charge is 2.34. The number of rotatable bonds is 15. The van der Waals surface area contributed by atoms with Crippen molar-refractivity contribution >= 4 is 17.4 Å². The molecular weight excluding hydrogens is 635 g/mol. The van der Waals surface area contributed by atoms with E-state index < -0.39 is 17.6 Å². The van der Waals surface area contributed by atoms with Gasteiger partial charge in [0.2, 0.25) is 0 Å². The maximum atomic E-state index is 13.8. The number of amides is 1. The lowest BCUT2D eigenvalue weighted by Crippen LogP contribution is -2.44. The number of allylic oxidation sites excluding steroid dienone is 10. The number of carbonyl (C=O) groups is 2. The standard InChI is InChI=1S/C25H32F3N3O.C17H22O.2H2/c1-4-5-6-19-7-8-20(15-18(19)2)24(32)29-22-10-9-21(23(16-22)25(26,27)28)17-31-13-11-30(3)12-14-31;1-5-9-17(10-6-2)14-13-16(7-3)12-8-11-15(4)18;;/h7-10,15-16H,4-6,11-14,17H2,1-3H3,(H,29,32);5-8,10-11,13-14H,1,3,9,12H2,2,4H3;2*1H/b;10-6-,11-8-,16-13+,17-14-;;. The predicted molar refractivity (Wildman–Crippen MR) is 207 cm³/mol. The first-order valence-electron chi connectivity index (χ1n) is 17.3. The number of likely N-dealkylation sites (N-methyl/N-ethyl adjacent to an activating group) is 1. The normalized spacial score (nSPS) is 14.8. The van der Waals surface area contributed by atoms with Gasteiger partial charge >= 0.3 is 6.18 Å². The van der Waals surface area contributed by atoms with Crippen molar-refractivity contribution < 1.29 is 25.6 Å². The van der Waals surface area contributed by atoms with Crippen molar-refractivity contribution in [3.63, 3.8) is 0 Å². The molecule has 8 heteroatoms. The number of ketones is 1. The Labute approximate surface area is 300 Å². The fourth-order valence-corrected chi connectivity index (χ4v) is 5.36. The first-order chi connectivity index (χ1) is 23.8. The molecular formula is C42H58F3N3O2. The van der Waals surface area contributed by atoms with Crippen LogP contribution in [0.1, 0.15) is 81.9 Å². The molecule has 50 heavy (non-hydrogen) atoms. The zero-order chi connectivity index (χ0) is 37.1. The zero-order valence-corrected chi connectivity index (χ0v) is 30.4. The largest absolute Gasteiger partial charge is 0.416 e. The molecule has 0 saturated carbocycles.